The van der Waals surface area contributed by atoms with Crippen LogP contribution in [0.25, 0.3) is 6.08 Å². The maximum atomic E-state index is 12.4. The van der Waals surface area contributed by atoms with Gasteiger partial charge in [0.15, 0.2) is 6.61 Å². The van der Waals surface area contributed by atoms with Gasteiger partial charge in [-0.2, -0.15) is 5.26 Å². The fourth-order valence-electron chi connectivity index (χ4n) is 2.20. The first kappa shape index (κ1) is 23.2. The van der Waals surface area contributed by atoms with Gasteiger partial charge in [-0.1, -0.05) is 23.7 Å². The molecule has 150 valence electrons. The number of carbonyl (C=O) groups is 2. The SMILES string of the molecule is CCOC(=O)COc1c(Br)cc(/C=C(\C#N)C(=O)Nc2ccccc2Cl)cc1I. The smallest absolute Gasteiger partial charge is 0.344 e. The van der Waals surface area contributed by atoms with Gasteiger partial charge in [0.2, 0.25) is 0 Å². The number of benzene rings is 2. The Morgan fingerprint density at radius 1 is 1.34 bits per heavy atom. The first-order chi connectivity index (χ1) is 13.8. The lowest BCUT2D eigenvalue weighted by Crippen LogP contribution is -2.15. The average molecular weight is 590 g/mol. The minimum absolute atomic E-state index is 0.0900. The molecule has 2 aromatic carbocycles. The highest BCUT2D eigenvalue weighted by molar-refractivity contribution is 14.1. The number of para-hydroxylation sites is 1. The third-order valence-electron chi connectivity index (χ3n) is 3.46. The largest absolute Gasteiger partial charge is 0.480 e. The molecular weight excluding hydrogens is 574 g/mol. The number of anilines is 1. The van der Waals surface area contributed by atoms with E-state index in [2.05, 4.69) is 21.2 Å². The van der Waals surface area contributed by atoms with E-state index in [4.69, 9.17) is 21.1 Å². The van der Waals surface area contributed by atoms with Crippen LogP contribution in [0, 0.1) is 14.9 Å². The van der Waals surface area contributed by atoms with Crippen LogP contribution in [0.15, 0.2) is 46.4 Å². The third kappa shape index (κ3) is 6.73. The predicted molar refractivity (Wildman–Crippen MR) is 123 cm³/mol. The number of hydrogen-bond acceptors (Lipinski definition) is 5. The quantitative estimate of drug-likeness (QED) is 0.208. The molecule has 0 atom stereocenters. The van der Waals surface area contributed by atoms with E-state index in [1.165, 1.54) is 6.08 Å². The number of rotatable bonds is 7. The molecule has 0 radical (unpaired) electrons. The van der Waals surface area contributed by atoms with E-state index in [0.717, 1.165) is 0 Å². The van der Waals surface area contributed by atoms with Crippen molar-refractivity contribution in [1.82, 2.24) is 0 Å². The van der Waals surface area contributed by atoms with Crippen molar-refractivity contribution in [1.29, 1.82) is 5.26 Å². The maximum absolute atomic E-state index is 12.4. The topological polar surface area (TPSA) is 88.4 Å². The Hall–Kier alpha value is -2.09. The zero-order valence-electron chi connectivity index (χ0n) is 15.2. The summed E-state index contributed by atoms with van der Waals surface area (Å²) in [6.45, 7) is 1.77. The minimum Gasteiger partial charge on any atom is -0.480 e. The zero-order chi connectivity index (χ0) is 21.4. The molecule has 0 heterocycles. The van der Waals surface area contributed by atoms with Gasteiger partial charge in [-0.25, -0.2) is 4.79 Å². The van der Waals surface area contributed by atoms with Crippen LogP contribution in [-0.2, 0) is 14.3 Å². The molecule has 0 saturated heterocycles. The van der Waals surface area contributed by atoms with E-state index < -0.39 is 11.9 Å². The fraction of sp³-hybridized carbons (Fsp3) is 0.150. The maximum Gasteiger partial charge on any atom is 0.344 e. The Morgan fingerprint density at radius 2 is 2.07 bits per heavy atom. The van der Waals surface area contributed by atoms with Crippen molar-refractivity contribution in [2.75, 3.05) is 18.5 Å². The third-order valence-corrected chi connectivity index (χ3v) is 5.18. The van der Waals surface area contributed by atoms with Crippen LogP contribution in [0.4, 0.5) is 5.69 Å². The zero-order valence-corrected chi connectivity index (χ0v) is 19.7. The molecule has 29 heavy (non-hydrogen) atoms. The summed E-state index contributed by atoms with van der Waals surface area (Å²) in [4.78, 5) is 23.9. The molecule has 0 saturated carbocycles. The number of nitrogens with one attached hydrogen (secondary N) is 1. The standard InChI is InChI=1S/C20H15BrClIN2O4/c1-2-28-18(26)11-29-19-14(21)8-12(9-16(19)23)7-13(10-24)20(27)25-17-6-4-3-5-15(17)22/h3-9H,2,11H2,1H3,(H,25,27)/b13-7+. The molecule has 0 aliphatic rings. The Kier molecular flexibility index (Phi) is 8.95. The molecule has 9 heteroatoms. The van der Waals surface area contributed by atoms with Crippen molar-refractivity contribution in [3.8, 4) is 11.8 Å². The number of ether oxygens (including phenoxy) is 2. The predicted octanol–water partition coefficient (Wildman–Crippen LogP) is 5.19. The molecule has 0 aliphatic heterocycles. The molecule has 0 aromatic heterocycles. The highest BCUT2D eigenvalue weighted by Crippen LogP contribution is 2.33. The van der Waals surface area contributed by atoms with Crippen LogP contribution < -0.4 is 10.1 Å². The summed E-state index contributed by atoms with van der Waals surface area (Å²) in [5.41, 5.74) is 0.933. The van der Waals surface area contributed by atoms with Gasteiger partial charge in [0.25, 0.3) is 5.91 Å². The minimum atomic E-state index is -0.575. The summed E-state index contributed by atoms with van der Waals surface area (Å²) in [5.74, 6) is -0.577. The normalized spacial score (nSPS) is 10.8. The van der Waals surface area contributed by atoms with Crippen LogP contribution in [-0.4, -0.2) is 25.1 Å². The van der Waals surface area contributed by atoms with Gasteiger partial charge in [-0.05, 0) is 81.3 Å². The van der Waals surface area contributed by atoms with Crippen molar-refractivity contribution < 1.29 is 19.1 Å². The van der Waals surface area contributed by atoms with Crippen LogP contribution >= 0.6 is 50.1 Å². The second-order valence-electron chi connectivity index (χ2n) is 5.51. The lowest BCUT2D eigenvalue weighted by Gasteiger charge is -2.11. The fourth-order valence-corrected chi connectivity index (χ4v) is 4.15. The summed E-state index contributed by atoms with van der Waals surface area (Å²) in [7, 11) is 0. The Morgan fingerprint density at radius 3 is 2.69 bits per heavy atom. The van der Waals surface area contributed by atoms with Gasteiger partial charge >= 0.3 is 5.97 Å². The molecule has 0 bridgehead atoms. The number of nitrogens with zero attached hydrogens (tertiary/aromatic N) is 1. The summed E-state index contributed by atoms with van der Waals surface area (Å²) in [6, 6.07) is 12.1. The van der Waals surface area contributed by atoms with Gasteiger partial charge in [0.1, 0.15) is 17.4 Å². The number of halogens is 3. The van der Waals surface area contributed by atoms with Gasteiger partial charge in [-0.15, -0.1) is 0 Å². The molecule has 0 unspecified atom stereocenters. The highest BCUT2D eigenvalue weighted by Gasteiger charge is 2.14. The molecule has 2 rings (SSSR count). The first-order valence-corrected chi connectivity index (χ1v) is 10.6. The van der Waals surface area contributed by atoms with E-state index in [9.17, 15) is 14.9 Å². The van der Waals surface area contributed by atoms with Crippen molar-refractivity contribution in [2.45, 2.75) is 6.92 Å². The van der Waals surface area contributed by atoms with Crippen LogP contribution in [0.1, 0.15) is 12.5 Å². The van der Waals surface area contributed by atoms with Crippen molar-refractivity contribution in [3.05, 3.63) is 60.6 Å². The highest BCUT2D eigenvalue weighted by atomic mass is 127. The van der Waals surface area contributed by atoms with E-state index in [0.29, 0.717) is 30.1 Å². The second kappa shape index (κ2) is 11.2. The molecule has 1 N–H and O–H groups in total. The molecule has 1 amide bonds. The van der Waals surface area contributed by atoms with Crippen molar-refractivity contribution in [2.24, 2.45) is 0 Å². The number of esters is 1. The van der Waals surface area contributed by atoms with E-state index in [-0.39, 0.29) is 18.8 Å². The summed E-state index contributed by atoms with van der Waals surface area (Å²) in [5, 5.41) is 12.4. The van der Waals surface area contributed by atoms with Gasteiger partial charge in [0, 0.05) is 0 Å². The number of hydrogen-bond donors (Lipinski definition) is 1. The molecular formula is C20H15BrClIN2O4. The molecule has 2 aromatic rings. The molecule has 0 aliphatic carbocycles. The van der Waals surface area contributed by atoms with Gasteiger partial charge in [-0.3, -0.25) is 4.79 Å². The van der Waals surface area contributed by atoms with Gasteiger partial charge < -0.3 is 14.8 Å². The second-order valence-corrected chi connectivity index (χ2v) is 7.93. The van der Waals surface area contributed by atoms with E-state index in [1.807, 2.05) is 28.7 Å². The Labute approximate surface area is 195 Å². The summed E-state index contributed by atoms with van der Waals surface area (Å²) < 4.78 is 11.6. The van der Waals surface area contributed by atoms with E-state index >= 15 is 0 Å². The monoisotopic (exact) mass is 588 g/mol. The summed E-state index contributed by atoms with van der Waals surface area (Å²) >= 11 is 11.5. The lowest BCUT2D eigenvalue weighted by atomic mass is 10.1. The summed E-state index contributed by atoms with van der Waals surface area (Å²) in [6.07, 6.45) is 1.45. The number of carbonyl (C=O) groups excluding carboxylic acids is 2. The first-order valence-electron chi connectivity index (χ1n) is 8.30. The van der Waals surface area contributed by atoms with Gasteiger partial charge in [0.05, 0.1) is 25.4 Å². The van der Waals surface area contributed by atoms with E-state index in [1.54, 1.807) is 43.3 Å². The number of amides is 1. The molecule has 6 nitrogen and oxygen atoms in total. The van der Waals surface area contributed by atoms with Crippen LogP contribution in [0.2, 0.25) is 5.02 Å². The Balaban J connectivity index is 2.21. The van der Waals surface area contributed by atoms with Crippen molar-refractivity contribution in [3.63, 3.8) is 0 Å². The average Bonchev–Trinajstić information content (AvgIpc) is 2.67. The van der Waals surface area contributed by atoms with Crippen LogP contribution in [0.5, 0.6) is 5.75 Å². The van der Waals surface area contributed by atoms with Crippen LogP contribution in [0.3, 0.4) is 0 Å². The molecule has 0 spiro atoms. The molecule has 0 fully saturated rings. The van der Waals surface area contributed by atoms with Crippen molar-refractivity contribution >= 4 is 73.8 Å². The Bertz CT molecular complexity index is 981. The lowest BCUT2D eigenvalue weighted by molar-refractivity contribution is -0.145. The number of nitriles is 1.